The van der Waals surface area contributed by atoms with Crippen LogP contribution in [0.15, 0.2) is 28.4 Å². The monoisotopic (exact) mass is 432 g/mol. The highest BCUT2D eigenvalue weighted by molar-refractivity contribution is 5.55. The van der Waals surface area contributed by atoms with Crippen molar-refractivity contribution in [3.05, 3.63) is 52.2 Å². The summed E-state index contributed by atoms with van der Waals surface area (Å²) in [4.78, 5) is 5.98. The molecule has 0 radical (unpaired) electrons. The molecule has 6 nitrogen and oxygen atoms in total. The van der Waals surface area contributed by atoms with Gasteiger partial charge in [0.2, 0.25) is 0 Å². The molecule has 1 N–H and O–H groups in total. The summed E-state index contributed by atoms with van der Waals surface area (Å²) in [7, 11) is 0. The molecule has 0 bridgehead atoms. The molecular formula is C23H30F2N4O2. The van der Waals surface area contributed by atoms with Crippen LogP contribution in [0.3, 0.4) is 0 Å². The minimum Gasteiger partial charge on any atom is -0.390 e. The molecule has 2 aromatic rings. The van der Waals surface area contributed by atoms with Gasteiger partial charge in [-0.25, -0.2) is 13.8 Å². The second-order valence-corrected chi connectivity index (χ2v) is 8.59. The lowest BCUT2D eigenvalue weighted by molar-refractivity contribution is 0.0709. The maximum absolute atomic E-state index is 15.2. The van der Waals surface area contributed by atoms with Crippen molar-refractivity contribution in [1.82, 2.24) is 4.98 Å². The number of morpholine rings is 1. The van der Waals surface area contributed by atoms with Gasteiger partial charge in [0.05, 0.1) is 31.1 Å². The zero-order valence-corrected chi connectivity index (χ0v) is 18.6. The summed E-state index contributed by atoms with van der Waals surface area (Å²) in [5.74, 6) is -1.60. The number of ether oxygens (including phenoxy) is 1. The van der Waals surface area contributed by atoms with Crippen LogP contribution >= 0.6 is 0 Å². The molecule has 1 fully saturated rings. The molecule has 1 aliphatic rings. The quantitative estimate of drug-likeness (QED) is 0.638. The van der Waals surface area contributed by atoms with Gasteiger partial charge in [0.15, 0.2) is 23.1 Å². The van der Waals surface area contributed by atoms with E-state index in [1.165, 1.54) is 5.56 Å². The lowest BCUT2D eigenvalue weighted by atomic mass is 10.0. The van der Waals surface area contributed by atoms with E-state index in [0.29, 0.717) is 26.3 Å². The average molecular weight is 433 g/mol. The van der Waals surface area contributed by atoms with Gasteiger partial charge >= 0.3 is 0 Å². The molecule has 0 aliphatic carbocycles. The van der Waals surface area contributed by atoms with Crippen LogP contribution in [0.25, 0.3) is 0 Å². The smallest absolute Gasteiger partial charge is 0.196 e. The Bertz CT molecular complexity index is 952. The Balaban J connectivity index is 1.92. The highest BCUT2D eigenvalue weighted by Crippen LogP contribution is 2.33. The van der Waals surface area contributed by atoms with Gasteiger partial charge in [-0.05, 0) is 57.2 Å². The van der Waals surface area contributed by atoms with Crippen LogP contribution in [0.2, 0.25) is 0 Å². The van der Waals surface area contributed by atoms with E-state index in [-0.39, 0.29) is 30.9 Å². The number of aryl methyl sites for hydroxylation is 3. The lowest BCUT2D eigenvalue weighted by Crippen LogP contribution is -2.37. The fourth-order valence-corrected chi connectivity index (χ4v) is 3.32. The van der Waals surface area contributed by atoms with Crippen LogP contribution in [0, 0.1) is 25.5 Å². The lowest BCUT2D eigenvalue weighted by Gasteiger charge is -2.29. The maximum atomic E-state index is 15.2. The molecule has 8 heteroatoms. The molecule has 1 aliphatic heterocycles. The van der Waals surface area contributed by atoms with Gasteiger partial charge in [0.1, 0.15) is 0 Å². The Morgan fingerprint density at radius 1 is 1.13 bits per heavy atom. The number of anilines is 1. The van der Waals surface area contributed by atoms with Gasteiger partial charge in [0.25, 0.3) is 0 Å². The second-order valence-electron chi connectivity index (χ2n) is 8.59. The molecule has 0 atom stereocenters. The summed E-state index contributed by atoms with van der Waals surface area (Å²) in [6.45, 7) is 9.32. The van der Waals surface area contributed by atoms with Crippen molar-refractivity contribution in [2.75, 3.05) is 31.2 Å². The van der Waals surface area contributed by atoms with Crippen molar-refractivity contribution in [3.63, 3.8) is 0 Å². The van der Waals surface area contributed by atoms with E-state index in [9.17, 15) is 5.11 Å². The summed E-state index contributed by atoms with van der Waals surface area (Å²) >= 11 is 0. The average Bonchev–Trinajstić information content (AvgIpc) is 2.72. The molecular weight excluding hydrogens is 402 g/mol. The molecule has 31 heavy (non-hydrogen) atoms. The summed E-state index contributed by atoms with van der Waals surface area (Å²) in [6.07, 6.45) is 0.441. The van der Waals surface area contributed by atoms with Crippen molar-refractivity contribution in [1.29, 1.82) is 0 Å². The van der Waals surface area contributed by atoms with Crippen molar-refractivity contribution in [2.45, 2.75) is 52.7 Å². The number of rotatable bonds is 7. The number of aromatic nitrogens is 1. The van der Waals surface area contributed by atoms with Crippen LogP contribution < -0.4 is 4.90 Å². The third kappa shape index (κ3) is 6.04. The molecule has 3 rings (SSSR count). The van der Waals surface area contributed by atoms with Gasteiger partial charge in [0, 0.05) is 13.1 Å². The van der Waals surface area contributed by atoms with Crippen molar-refractivity contribution in [3.8, 4) is 0 Å². The van der Waals surface area contributed by atoms with Crippen LogP contribution in [0.4, 0.5) is 20.3 Å². The van der Waals surface area contributed by atoms with E-state index in [2.05, 4.69) is 15.2 Å². The zero-order valence-electron chi connectivity index (χ0n) is 18.6. The molecule has 0 spiro atoms. The topological polar surface area (TPSA) is 70.3 Å². The number of benzene rings is 1. The molecule has 168 valence electrons. The van der Waals surface area contributed by atoms with Crippen molar-refractivity contribution in [2.24, 2.45) is 10.2 Å². The van der Waals surface area contributed by atoms with E-state index in [4.69, 9.17) is 4.74 Å². The number of nitrogens with zero attached hydrogens (tertiary/aromatic N) is 4. The minimum absolute atomic E-state index is 0.0515. The third-order valence-electron chi connectivity index (χ3n) is 5.39. The molecule has 0 saturated carbocycles. The highest BCUT2D eigenvalue weighted by atomic mass is 19.1. The highest BCUT2D eigenvalue weighted by Gasteiger charge is 2.26. The number of azo groups is 1. The molecule has 1 aromatic heterocycles. The van der Waals surface area contributed by atoms with Gasteiger partial charge < -0.3 is 14.7 Å². The summed E-state index contributed by atoms with van der Waals surface area (Å²) < 4.78 is 35.7. The van der Waals surface area contributed by atoms with Gasteiger partial charge in [-0.3, -0.25) is 0 Å². The second kappa shape index (κ2) is 9.78. The van der Waals surface area contributed by atoms with E-state index >= 15 is 8.78 Å². The Morgan fingerprint density at radius 3 is 2.48 bits per heavy atom. The molecule has 0 amide bonds. The Morgan fingerprint density at radius 2 is 1.84 bits per heavy atom. The van der Waals surface area contributed by atoms with Crippen LogP contribution in [-0.4, -0.2) is 42.0 Å². The Labute approximate surface area is 182 Å². The molecule has 0 unspecified atom stereocenters. The fourth-order valence-electron chi connectivity index (χ4n) is 3.32. The number of aliphatic hydroxyl groups is 1. The normalized spacial score (nSPS) is 15.1. The van der Waals surface area contributed by atoms with E-state index in [1.54, 1.807) is 18.7 Å². The van der Waals surface area contributed by atoms with Crippen LogP contribution in [-0.2, 0) is 17.7 Å². The maximum Gasteiger partial charge on any atom is 0.196 e. The predicted molar refractivity (Wildman–Crippen MR) is 116 cm³/mol. The van der Waals surface area contributed by atoms with Crippen LogP contribution in [0.1, 0.15) is 42.7 Å². The van der Waals surface area contributed by atoms with Gasteiger partial charge in [-0.1, -0.05) is 18.2 Å². The number of hydrogen-bond acceptors (Lipinski definition) is 6. The number of halogens is 2. The molecule has 2 heterocycles. The SMILES string of the molecule is Cc1ccc(CN=Nc2c(F)c(CCC(C)(C)O)nc(N3CCOCC3)c2F)cc1C. The van der Waals surface area contributed by atoms with E-state index in [1.807, 2.05) is 32.0 Å². The van der Waals surface area contributed by atoms with Crippen molar-refractivity contribution >= 4 is 11.5 Å². The van der Waals surface area contributed by atoms with Crippen LogP contribution in [0.5, 0.6) is 0 Å². The first-order chi connectivity index (χ1) is 14.7. The summed E-state index contributed by atoms with van der Waals surface area (Å²) in [5.41, 5.74) is 1.84. The number of pyridine rings is 1. The first kappa shape index (κ1) is 23.2. The van der Waals surface area contributed by atoms with E-state index < -0.39 is 22.9 Å². The summed E-state index contributed by atoms with van der Waals surface area (Å²) in [6, 6.07) is 5.90. The third-order valence-corrected chi connectivity index (χ3v) is 5.39. The Kier molecular flexibility index (Phi) is 7.33. The largest absolute Gasteiger partial charge is 0.390 e. The van der Waals surface area contributed by atoms with Gasteiger partial charge in [-0.2, -0.15) is 5.11 Å². The minimum atomic E-state index is -0.993. The Hall–Kier alpha value is -2.45. The molecule has 1 saturated heterocycles. The first-order valence-corrected chi connectivity index (χ1v) is 10.5. The molecule has 1 aromatic carbocycles. The zero-order chi connectivity index (χ0) is 22.6. The summed E-state index contributed by atoms with van der Waals surface area (Å²) in [5, 5.41) is 18.0. The fraction of sp³-hybridized carbons (Fsp3) is 0.522. The number of hydrogen-bond donors (Lipinski definition) is 1. The van der Waals surface area contributed by atoms with Crippen molar-refractivity contribution < 1.29 is 18.6 Å². The first-order valence-electron chi connectivity index (χ1n) is 10.5. The standard InChI is InChI=1S/C23H30F2N4O2/c1-15-5-6-17(13-16(15)2)14-26-28-21-19(24)18(7-8-23(3,4)30)27-22(20(21)25)29-9-11-31-12-10-29/h5-6,13,30H,7-12,14H2,1-4H3. The predicted octanol–water partition coefficient (Wildman–Crippen LogP) is 4.80. The van der Waals surface area contributed by atoms with E-state index in [0.717, 1.165) is 11.1 Å². The van der Waals surface area contributed by atoms with Gasteiger partial charge in [-0.15, -0.1) is 5.11 Å².